The van der Waals surface area contributed by atoms with Gasteiger partial charge in [0, 0.05) is 15.7 Å². The summed E-state index contributed by atoms with van der Waals surface area (Å²) in [6.45, 7) is 2.30. The van der Waals surface area contributed by atoms with Gasteiger partial charge in [-0.3, -0.25) is 9.69 Å². The summed E-state index contributed by atoms with van der Waals surface area (Å²) in [4.78, 5) is 14.8. The van der Waals surface area contributed by atoms with E-state index in [1.807, 2.05) is 55.5 Å². The third-order valence-corrected chi connectivity index (χ3v) is 5.92. The van der Waals surface area contributed by atoms with E-state index in [4.69, 9.17) is 9.47 Å². The van der Waals surface area contributed by atoms with Crippen LogP contribution in [-0.2, 0) is 9.53 Å². The first-order chi connectivity index (χ1) is 15.1. The van der Waals surface area contributed by atoms with Crippen LogP contribution < -0.4 is 10.1 Å². The maximum Gasteiger partial charge on any atom is 0.320 e. The number of fused-ring (bicyclic) bond motifs is 1. The van der Waals surface area contributed by atoms with Gasteiger partial charge in [-0.1, -0.05) is 64.5 Å². The number of nitrogens with zero attached hydrogens (tertiary/aromatic N) is 1. The van der Waals surface area contributed by atoms with E-state index < -0.39 is 0 Å². The number of rotatable bonds is 6. The van der Waals surface area contributed by atoms with Crippen LogP contribution in [0.4, 0.5) is 5.69 Å². The van der Waals surface area contributed by atoms with E-state index in [1.165, 1.54) is 0 Å². The number of para-hydroxylation sites is 1. The van der Waals surface area contributed by atoms with Crippen molar-refractivity contribution in [3.8, 4) is 5.75 Å². The van der Waals surface area contributed by atoms with Gasteiger partial charge in [0.05, 0.1) is 26.3 Å². The first kappa shape index (κ1) is 21.4. The molecule has 0 spiro atoms. The SMILES string of the molecule is CCOC(=O)CN1[C@H](c2ccccc2)c2cc(Br)ccc2N[C@@H]1c1ccccc1OC. The van der Waals surface area contributed by atoms with Gasteiger partial charge in [0.1, 0.15) is 11.9 Å². The van der Waals surface area contributed by atoms with Crippen molar-refractivity contribution in [3.05, 3.63) is 94.0 Å². The van der Waals surface area contributed by atoms with Crippen LogP contribution in [0.1, 0.15) is 35.8 Å². The van der Waals surface area contributed by atoms with Gasteiger partial charge in [0.15, 0.2) is 0 Å². The Kier molecular flexibility index (Phi) is 6.59. The fourth-order valence-corrected chi connectivity index (χ4v) is 4.52. The van der Waals surface area contributed by atoms with Crippen LogP contribution in [0, 0.1) is 0 Å². The second kappa shape index (κ2) is 9.54. The number of hydrogen-bond donors (Lipinski definition) is 1. The highest BCUT2D eigenvalue weighted by Crippen LogP contribution is 2.46. The lowest BCUT2D eigenvalue weighted by atomic mass is 9.91. The van der Waals surface area contributed by atoms with Gasteiger partial charge in [-0.2, -0.15) is 0 Å². The van der Waals surface area contributed by atoms with Crippen molar-refractivity contribution in [2.45, 2.75) is 19.1 Å². The summed E-state index contributed by atoms with van der Waals surface area (Å²) < 4.78 is 12.0. The number of methoxy groups -OCH3 is 1. The van der Waals surface area contributed by atoms with Crippen molar-refractivity contribution in [1.82, 2.24) is 4.90 Å². The zero-order valence-electron chi connectivity index (χ0n) is 17.5. The topological polar surface area (TPSA) is 50.8 Å². The average Bonchev–Trinajstić information content (AvgIpc) is 2.79. The molecule has 160 valence electrons. The fourth-order valence-electron chi connectivity index (χ4n) is 4.14. The van der Waals surface area contributed by atoms with E-state index in [2.05, 4.69) is 50.4 Å². The summed E-state index contributed by atoms with van der Waals surface area (Å²) in [5.41, 5.74) is 4.18. The fraction of sp³-hybridized carbons (Fsp3) is 0.240. The van der Waals surface area contributed by atoms with E-state index in [0.29, 0.717) is 6.61 Å². The maximum atomic E-state index is 12.7. The number of nitrogens with one attached hydrogen (secondary N) is 1. The largest absolute Gasteiger partial charge is 0.496 e. The van der Waals surface area contributed by atoms with Gasteiger partial charge in [0.25, 0.3) is 0 Å². The molecule has 1 aliphatic rings. The van der Waals surface area contributed by atoms with E-state index in [-0.39, 0.29) is 24.7 Å². The predicted molar refractivity (Wildman–Crippen MR) is 125 cm³/mol. The molecule has 0 radical (unpaired) electrons. The van der Waals surface area contributed by atoms with E-state index in [1.54, 1.807) is 7.11 Å². The number of ether oxygens (including phenoxy) is 2. The van der Waals surface area contributed by atoms with Gasteiger partial charge in [-0.25, -0.2) is 0 Å². The third-order valence-electron chi connectivity index (χ3n) is 5.43. The van der Waals surface area contributed by atoms with Crippen LogP contribution in [0.5, 0.6) is 5.75 Å². The molecular weight excluding hydrogens is 456 g/mol. The normalized spacial score (nSPS) is 18.0. The standard InChI is InChI=1S/C25H25BrN2O3/c1-3-31-23(29)16-28-24(17-9-5-4-6-10-17)20-15-18(26)13-14-21(20)27-25(28)19-11-7-8-12-22(19)30-2/h4-15,24-25,27H,3,16H2,1-2H3/t24-,25+/m1/s1. The minimum Gasteiger partial charge on any atom is -0.496 e. The molecule has 2 atom stereocenters. The van der Waals surface area contributed by atoms with Gasteiger partial charge in [-0.15, -0.1) is 0 Å². The molecule has 0 saturated carbocycles. The summed E-state index contributed by atoms with van der Waals surface area (Å²) in [6, 6.07) is 24.2. The summed E-state index contributed by atoms with van der Waals surface area (Å²) in [6.07, 6.45) is -0.278. The van der Waals surface area contributed by atoms with Gasteiger partial charge in [0.2, 0.25) is 0 Å². The molecule has 4 rings (SSSR count). The van der Waals surface area contributed by atoms with Crippen molar-refractivity contribution in [3.63, 3.8) is 0 Å². The Morgan fingerprint density at radius 3 is 2.52 bits per heavy atom. The lowest BCUT2D eigenvalue weighted by molar-refractivity contribution is -0.145. The van der Waals surface area contributed by atoms with Crippen molar-refractivity contribution in [2.75, 3.05) is 25.6 Å². The quantitative estimate of drug-likeness (QED) is 0.469. The van der Waals surface area contributed by atoms with Crippen LogP contribution >= 0.6 is 15.9 Å². The summed E-state index contributed by atoms with van der Waals surface area (Å²) in [5.74, 6) is 0.504. The second-order valence-corrected chi connectivity index (χ2v) is 8.23. The Labute approximate surface area is 191 Å². The molecule has 0 aliphatic carbocycles. The number of carbonyl (C=O) groups is 1. The van der Waals surface area contributed by atoms with Crippen LogP contribution in [0.15, 0.2) is 77.3 Å². The minimum atomic E-state index is -0.278. The number of esters is 1. The van der Waals surface area contributed by atoms with Crippen LogP contribution in [0.3, 0.4) is 0 Å². The van der Waals surface area contributed by atoms with Crippen LogP contribution in [0.2, 0.25) is 0 Å². The number of carbonyl (C=O) groups excluding carboxylic acids is 1. The Hall–Kier alpha value is -2.83. The molecule has 1 heterocycles. The molecule has 1 N–H and O–H groups in total. The molecule has 0 bridgehead atoms. The molecule has 31 heavy (non-hydrogen) atoms. The minimum absolute atomic E-state index is 0.134. The lowest BCUT2D eigenvalue weighted by Gasteiger charge is -2.44. The first-order valence-electron chi connectivity index (χ1n) is 10.3. The van der Waals surface area contributed by atoms with Crippen molar-refractivity contribution in [1.29, 1.82) is 0 Å². The maximum absolute atomic E-state index is 12.7. The monoisotopic (exact) mass is 480 g/mol. The molecule has 6 heteroatoms. The predicted octanol–water partition coefficient (Wildman–Crippen LogP) is 5.54. The van der Waals surface area contributed by atoms with Crippen molar-refractivity contribution < 1.29 is 14.3 Å². The number of hydrogen-bond acceptors (Lipinski definition) is 5. The Balaban J connectivity index is 1.90. The Bertz CT molecular complexity index is 1060. The zero-order valence-corrected chi connectivity index (χ0v) is 19.1. The van der Waals surface area contributed by atoms with Crippen molar-refractivity contribution in [2.24, 2.45) is 0 Å². The summed E-state index contributed by atoms with van der Waals surface area (Å²) in [7, 11) is 1.66. The van der Waals surface area contributed by atoms with Crippen LogP contribution in [-0.4, -0.2) is 31.1 Å². The molecule has 3 aromatic carbocycles. The molecule has 0 fully saturated rings. The van der Waals surface area contributed by atoms with E-state index >= 15 is 0 Å². The Morgan fingerprint density at radius 1 is 1.03 bits per heavy atom. The third kappa shape index (κ3) is 4.45. The van der Waals surface area contributed by atoms with Gasteiger partial charge >= 0.3 is 5.97 Å². The average molecular weight is 481 g/mol. The molecule has 0 amide bonds. The number of benzene rings is 3. The van der Waals surface area contributed by atoms with E-state index in [9.17, 15) is 4.79 Å². The smallest absolute Gasteiger partial charge is 0.320 e. The highest BCUT2D eigenvalue weighted by molar-refractivity contribution is 9.10. The molecule has 1 aliphatic heterocycles. The van der Waals surface area contributed by atoms with Gasteiger partial charge < -0.3 is 14.8 Å². The lowest BCUT2D eigenvalue weighted by Crippen LogP contribution is -2.44. The molecule has 0 saturated heterocycles. The number of halogens is 1. The molecule has 0 aromatic heterocycles. The summed E-state index contributed by atoms with van der Waals surface area (Å²) in [5, 5.41) is 3.63. The molecule has 0 unspecified atom stereocenters. The van der Waals surface area contributed by atoms with E-state index in [0.717, 1.165) is 32.6 Å². The first-order valence-corrected chi connectivity index (χ1v) is 11.1. The zero-order chi connectivity index (χ0) is 21.8. The summed E-state index contributed by atoms with van der Waals surface area (Å²) >= 11 is 3.61. The Morgan fingerprint density at radius 2 is 1.77 bits per heavy atom. The second-order valence-electron chi connectivity index (χ2n) is 7.31. The molecular formula is C25H25BrN2O3. The highest BCUT2D eigenvalue weighted by Gasteiger charge is 2.38. The molecule has 3 aromatic rings. The molecule has 5 nitrogen and oxygen atoms in total. The van der Waals surface area contributed by atoms with Crippen molar-refractivity contribution >= 4 is 27.6 Å². The van der Waals surface area contributed by atoms with Gasteiger partial charge in [-0.05, 0) is 42.3 Å². The highest BCUT2D eigenvalue weighted by atomic mass is 79.9. The number of anilines is 1. The van der Waals surface area contributed by atoms with Crippen LogP contribution in [0.25, 0.3) is 0 Å².